The first-order valence-corrected chi connectivity index (χ1v) is 20.9. The summed E-state index contributed by atoms with van der Waals surface area (Å²) in [7, 11) is -7.45. The number of carbonyl (C=O) groups excluding carboxylic acids is 3. The number of amides is 1. The Hall–Kier alpha value is -3.37. The minimum atomic E-state index is -4.11. The van der Waals surface area contributed by atoms with Crippen molar-refractivity contribution in [1.29, 1.82) is 0 Å². The fourth-order valence-electron chi connectivity index (χ4n) is 5.87. The Labute approximate surface area is 304 Å². The average molecular weight is 769 g/mol. The van der Waals surface area contributed by atoms with E-state index in [0.29, 0.717) is 36.2 Å². The van der Waals surface area contributed by atoms with Crippen LogP contribution in [0.5, 0.6) is 5.75 Å². The van der Waals surface area contributed by atoms with Gasteiger partial charge in [0.2, 0.25) is 17.4 Å². The summed E-state index contributed by atoms with van der Waals surface area (Å²) in [6.45, 7) is 8.68. The zero-order valence-corrected chi connectivity index (χ0v) is 31.8. The smallest absolute Gasteiger partial charge is 0.407 e. The van der Waals surface area contributed by atoms with Gasteiger partial charge in [-0.2, -0.15) is 4.31 Å². The largest absolute Gasteiger partial charge is 0.484 e. The molecule has 0 bridgehead atoms. The van der Waals surface area contributed by atoms with Crippen molar-refractivity contribution in [3.05, 3.63) is 59.7 Å². The fourth-order valence-corrected chi connectivity index (χ4v) is 8.69. The van der Waals surface area contributed by atoms with Crippen LogP contribution >= 0.6 is 7.37 Å². The van der Waals surface area contributed by atoms with E-state index in [4.69, 9.17) is 28.2 Å². The molecule has 2 fully saturated rings. The van der Waals surface area contributed by atoms with Crippen molar-refractivity contribution < 1.29 is 60.7 Å². The second-order valence-electron chi connectivity index (χ2n) is 13.3. The minimum absolute atomic E-state index is 0.0441. The monoisotopic (exact) mass is 768 g/mol. The number of aliphatic hydroxyl groups is 1. The highest BCUT2D eigenvalue weighted by Gasteiger charge is 2.44. The molecule has 2 heterocycles. The van der Waals surface area contributed by atoms with Gasteiger partial charge in [-0.05, 0) is 62.4 Å². The number of fused-ring (bicyclic) bond motifs is 1. The summed E-state index contributed by atoms with van der Waals surface area (Å²) in [6, 6.07) is 11.1. The molecule has 0 radical (unpaired) electrons. The van der Waals surface area contributed by atoms with Gasteiger partial charge in [-0.25, -0.2) is 18.0 Å². The zero-order valence-electron chi connectivity index (χ0n) is 30.0. The minimum Gasteiger partial charge on any atom is -0.484 e. The summed E-state index contributed by atoms with van der Waals surface area (Å²) in [4.78, 5) is 36.2. The number of hydrogen-bond donors (Lipinski definition) is 2. The van der Waals surface area contributed by atoms with Crippen molar-refractivity contribution >= 4 is 35.7 Å². The van der Waals surface area contributed by atoms with E-state index in [1.54, 1.807) is 31.2 Å². The number of nitrogens with one attached hydrogen (secondary N) is 1. The van der Waals surface area contributed by atoms with Crippen LogP contribution < -0.4 is 10.1 Å². The lowest BCUT2D eigenvalue weighted by Crippen LogP contribution is -2.51. The number of alkyl carbamates (subject to hydrolysis) is 1. The third-order valence-corrected chi connectivity index (χ3v) is 11.7. The summed E-state index contributed by atoms with van der Waals surface area (Å²) in [5.74, 6) is -0.501. The summed E-state index contributed by atoms with van der Waals surface area (Å²) in [6.07, 6.45) is -3.16. The number of carbonyl (C=O) groups is 3. The Morgan fingerprint density at radius 3 is 2.40 bits per heavy atom. The number of esters is 1. The standard InChI is InChI=1S/C35H49N2O13PS/c1-6-45-33(40)24(4)50-51(5,42)22-48-27-11-7-25(8-12-27)17-30(36-35(41)49-32-21-47-34-29(32)15-16-46-34)31(39)19-37(18-23(2)3)52(43,44)28-13-9-26(20-38)10-14-28/h7-14,20,23-24,29-32,34,39H,6,15-19,21-22H2,1-5H3,(H,36,41)/t24-,29-,30-,31+,32-,34+,51?/m0/s1. The van der Waals surface area contributed by atoms with E-state index >= 15 is 0 Å². The molecule has 0 aromatic heterocycles. The predicted molar refractivity (Wildman–Crippen MR) is 189 cm³/mol. The van der Waals surface area contributed by atoms with Gasteiger partial charge in [0.25, 0.3) is 0 Å². The van der Waals surface area contributed by atoms with Gasteiger partial charge in [0, 0.05) is 25.3 Å². The topological polar surface area (TPSA) is 193 Å². The molecule has 2 aliphatic heterocycles. The highest BCUT2D eigenvalue weighted by molar-refractivity contribution is 7.89. The van der Waals surface area contributed by atoms with Gasteiger partial charge in [0.15, 0.2) is 18.7 Å². The Balaban J connectivity index is 1.49. The number of rotatable bonds is 19. The fraction of sp³-hybridized carbons (Fsp3) is 0.571. The molecule has 17 heteroatoms. The van der Waals surface area contributed by atoms with Gasteiger partial charge in [0.05, 0.1) is 42.8 Å². The number of ether oxygens (including phenoxy) is 5. The summed E-state index contributed by atoms with van der Waals surface area (Å²) in [5.41, 5.74) is 0.970. The van der Waals surface area contributed by atoms with E-state index in [-0.39, 0.29) is 55.8 Å². The lowest BCUT2D eigenvalue weighted by Gasteiger charge is -2.31. The number of aldehydes is 1. The van der Waals surface area contributed by atoms with E-state index < -0.39 is 60.1 Å². The molecule has 2 N–H and O–H groups in total. The van der Waals surface area contributed by atoms with Gasteiger partial charge in [-0.1, -0.05) is 38.1 Å². The lowest BCUT2D eigenvalue weighted by atomic mass is 10.0. The van der Waals surface area contributed by atoms with Crippen molar-refractivity contribution in [2.45, 2.75) is 76.1 Å². The quantitative estimate of drug-likeness (QED) is 0.119. The molecular weight excluding hydrogens is 719 g/mol. The molecule has 2 aromatic rings. The second-order valence-corrected chi connectivity index (χ2v) is 17.8. The van der Waals surface area contributed by atoms with Crippen molar-refractivity contribution in [3.8, 4) is 5.75 Å². The molecule has 4 rings (SSSR count). The lowest BCUT2D eigenvalue weighted by molar-refractivity contribution is -0.150. The second kappa shape index (κ2) is 18.6. The third-order valence-electron chi connectivity index (χ3n) is 8.47. The highest BCUT2D eigenvalue weighted by Crippen LogP contribution is 2.44. The van der Waals surface area contributed by atoms with Crippen LogP contribution in [-0.2, 0) is 49.3 Å². The summed E-state index contributed by atoms with van der Waals surface area (Å²) >= 11 is 0. The predicted octanol–water partition coefficient (Wildman–Crippen LogP) is 3.82. The number of nitrogens with zero attached hydrogens (tertiary/aromatic N) is 1. The van der Waals surface area contributed by atoms with Crippen molar-refractivity contribution in [3.63, 3.8) is 0 Å². The number of aliphatic hydroxyl groups excluding tert-OH is 1. The van der Waals surface area contributed by atoms with Gasteiger partial charge >= 0.3 is 12.1 Å². The van der Waals surface area contributed by atoms with E-state index in [1.165, 1.54) is 37.9 Å². The van der Waals surface area contributed by atoms with Gasteiger partial charge in [0.1, 0.15) is 18.1 Å². The maximum atomic E-state index is 13.8. The van der Waals surface area contributed by atoms with Crippen LogP contribution in [0.2, 0.25) is 0 Å². The van der Waals surface area contributed by atoms with E-state index in [1.807, 2.05) is 13.8 Å². The molecule has 0 spiro atoms. The summed E-state index contributed by atoms with van der Waals surface area (Å²) < 4.78 is 74.4. The van der Waals surface area contributed by atoms with Crippen LogP contribution in [0.1, 0.15) is 50.0 Å². The van der Waals surface area contributed by atoms with Crippen LogP contribution in [0.4, 0.5) is 4.79 Å². The van der Waals surface area contributed by atoms with Gasteiger partial charge in [-0.15, -0.1) is 0 Å². The molecule has 52 heavy (non-hydrogen) atoms. The zero-order chi connectivity index (χ0) is 38.1. The van der Waals surface area contributed by atoms with Crippen LogP contribution in [0.15, 0.2) is 53.4 Å². The molecule has 15 nitrogen and oxygen atoms in total. The molecule has 2 aromatic carbocycles. The first-order valence-electron chi connectivity index (χ1n) is 17.2. The molecule has 1 amide bonds. The number of sulfonamides is 1. The van der Waals surface area contributed by atoms with Crippen molar-refractivity contribution in [2.24, 2.45) is 11.8 Å². The van der Waals surface area contributed by atoms with E-state index in [0.717, 1.165) is 4.31 Å². The Kier molecular flexibility index (Phi) is 14.8. The first-order chi connectivity index (χ1) is 24.6. The molecule has 2 saturated heterocycles. The van der Waals surface area contributed by atoms with E-state index in [9.17, 15) is 32.5 Å². The SMILES string of the molecule is CCOC(=O)[C@H](C)OP(C)(=O)COc1ccc(C[C@H](NC(=O)O[C@H]2CO[C@H]3OCC[C@H]32)[C@H](O)CN(CC(C)C)S(=O)(=O)c2ccc(C=O)cc2)cc1. The Morgan fingerprint density at radius 1 is 1.08 bits per heavy atom. The van der Waals surface area contributed by atoms with Gasteiger partial charge in [-0.3, -0.25) is 9.36 Å². The molecule has 2 aliphatic rings. The molecule has 0 aliphatic carbocycles. The van der Waals surface area contributed by atoms with Crippen molar-refractivity contribution in [2.75, 3.05) is 45.9 Å². The van der Waals surface area contributed by atoms with Gasteiger partial charge < -0.3 is 38.6 Å². The third kappa shape index (κ3) is 11.6. The first kappa shape index (κ1) is 41.4. The molecule has 0 saturated carbocycles. The molecule has 1 unspecified atom stereocenters. The summed E-state index contributed by atoms with van der Waals surface area (Å²) in [5, 5.41) is 14.4. The van der Waals surface area contributed by atoms with Crippen LogP contribution in [0.25, 0.3) is 0 Å². The molecular formula is C35H49N2O13PS. The molecule has 7 atom stereocenters. The normalized spacial score (nSPS) is 21.5. The average Bonchev–Trinajstić information content (AvgIpc) is 3.72. The maximum Gasteiger partial charge on any atom is 0.407 e. The number of hydrogen-bond acceptors (Lipinski definition) is 13. The number of benzene rings is 2. The van der Waals surface area contributed by atoms with Crippen LogP contribution in [0.3, 0.4) is 0 Å². The van der Waals surface area contributed by atoms with Crippen molar-refractivity contribution in [1.82, 2.24) is 9.62 Å². The highest BCUT2D eigenvalue weighted by atomic mass is 32.2. The maximum absolute atomic E-state index is 13.8. The Morgan fingerprint density at radius 2 is 1.77 bits per heavy atom. The molecule has 288 valence electrons. The van der Waals surface area contributed by atoms with E-state index in [2.05, 4.69) is 5.32 Å². The Bertz CT molecular complexity index is 1660. The van der Waals surface area contributed by atoms with Crippen LogP contribution in [-0.4, -0.2) is 113 Å². The van der Waals surface area contributed by atoms with Crippen LogP contribution in [0, 0.1) is 11.8 Å².